The maximum absolute atomic E-state index is 6.10. The predicted octanol–water partition coefficient (Wildman–Crippen LogP) is 6.72. The number of nitrogens with zero attached hydrogens (tertiary/aromatic N) is 1. The SMILES string of the molecule is COc1cc([C@@H]2CC(c3ccc(Cl)cc3)=Nc3ccccc3S2)cc(OC)c1OC. The number of thioether (sulfide) groups is 1. The highest BCUT2D eigenvalue weighted by Gasteiger charge is 2.25. The maximum atomic E-state index is 6.10. The molecule has 3 aromatic carbocycles. The molecule has 1 heterocycles. The molecule has 0 spiro atoms. The molecule has 3 aromatic rings. The number of hydrogen-bond donors (Lipinski definition) is 0. The number of aliphatic imine (C=N–C) groups is 1. The Balaban J connectivity index is 1.81. The summed E-state index contributed by atoms with van der Waals surface area (Å²) in [5, 5.41) is 0.834. The first-order valence-electron chi connectivity index (χ1n) is 9.52. The third-order valence-electron chi connectivity index (χ3n) is 5.00. The summed E-state index contributed by atoms with van der Waals surface area (Å²) in [4.78, 5) is 6.14. The summed E-state index contributed by atoms with van der Waals surface area (Å²) in [6.07, 6.45) is 0.750. The molecule has 0 saturated heterocycles. The minimum absolute atomic E-state index is 0.122. The average Bonchev–Trinajstić information content (AvgIpc) is 2.98. The number of benzene rings is 3. The first kappa shape index (κ1) is 20.6. The van der Waals surface area contributed by atoms with Gasteiger partial charge in [-0.25, -0.2) is 0 Å². The van der Waals surface area contributed by atoms with Crippen LogP contribution in [0.1, 0.15) is 22.8 Å². The lowest BCUT2D eigenvalue weighted by molar-refractivity contribution is 0.324. The van der Waals surface area contributed by atoms with E-state index < -0.39 is 0 Å². The van der Waals surface area contributed by atoms with Crippen LogP contribution in [-0.4, -0.2) is 27.0 Å². The van der Waals surface area contributed by atoms with E-state index in [1.54, 1.807) is 33.1 Å². The van der Waals surface area contributed by atoms with Crippen molar-refractivity contribution in [2.75, 3.05) is 21.3 Å². The van der Waals surface area contributed by atoms with Gasteiger partial charge < -0.3 is 14.2 Å². The Morgan fingerprint density at radius 1 is 0.900 bits per heavy atom. The Morgan fingerprint density at radius 2 is 1.57 bits per heavy atom. The van der Waals surface area contributed by atoms with E-state index in [1.807, 2.05) is 48.5 Å². The number of para-hydroxylation sites is 1. The summed E-state index contributed by atoms with van der Waals surface area (Å²) < 4.78 is 16.6. The highest BCUT2D eigenvalue weighted by atomic mass is 35.5. The van der Waals surface area contributed by atoms with E-state index in [2.05, 4.69) is 12.1 Å². The van der Waals surface area contributed by atoms with Crippen molar-refractivity contribution in [1.29, 1.82) is 0 Å². The molecule has 0 fully saturated rings. The van der Waals surface area contributed by atoms with Crippen LogP contribution in [0, 0.1) is 0 Å². The predicted molar refractivity (Wildman–Crippen MR) is 123 cm³/mol. The number of halogens is 1. The summed E-state index contributed by atoms with van der Waals surface area (Å²) >= 11 is 7.89. The largest absolute Gasteiger partial charge is 0.493 e. The van der Waals surface area contributed by atoms with Gasteiger partial charge in [-0.3, -0.25) is 4.99 Å². The third kappa shape index (κ3) is 4.13. The molecule has 1 atom stereocenters. The Bertz CT molecular complexity index is 1060. The van der Waals surface area contributed by atoms with Gasteiger partial charge in [-0.1, -0.05) is 35.9 Å². The van der Waals surface area contributed by atoms with Crippen molar-refractivity contribution in [3.05, 3.63) is 76.8 Å². The number of rotatable bonds is 5. The summed E-state index contributed by atoms with van der Waals surface area (Å²) in [5.74, 6) is 1.89. The number of fused-ring (bicyclic) bond motifs is 1. The Labute approximate surface area is 185 Å². The first-order chi connectivity index (χ1) is 14.6. The van der Waals surface area contributed by atoms with E-state index in [9.17, 15) is 0 Å². The number of methoxy groups -OCH3 is 3. The van der Waals surface area contributed by atoms with Gasteiger partial charge in [0.1, 0.15) is 0 Å². The van der Waals surface area contributed by atoms with Gasteiger partial charge in [-0.2, -0.15) is 0 Å². The minimum atomic E-state index is 0.122. The van der Waals surface area contributed by atoms with Crippen LogP contribution in [-0.2, 0) is 0 Å². The highest BCUT2D eigenvalue weighted by molar-refractivity contribution is 7.99. The molecule has 0 saturated carbocycles. The second-order valence-electron chi connectivity index (χ2n) is 6.80. The van der Waals surface area contributed by atoms with Crippen LogP contribution in [0.2, 0.25) is 5.02 Å². The van der Waals surface area contributed by atoms with E-state index >= 15 is 0 Å². The molecule has 4 nitrogen and oxygen atoms in total. The van der Waals surface area contributed by atoms with Crippen LogP contribution < -0.4 is 14.2 Å². The van der Waals surface area contributed by atoms with Crippen LogP contribution in [0.25, 0.3) is 0 Å². The summed E-state index contributed by atoms with van der Waals surface area (Å²) in [6, 6.07) is 20.1. The topological polar surface area (TPSA) is 40.0 Å². The van der Waals surface area contributed by atoms with E-state index in [1.165, 1.54) is 0 Å². The third-order valence-corrected chi connectivity index (χ3v) is 6.58. The van der Waals surface area contributed by atoms with Crippen molar-refractivity contribution in [2.24, 2.45) is 4.99 Å². The van der Waals surface area contributed by atoms with Crippen LogP contribution in [0.3, 0.4) is 0 Å². The lowest BCUT2D eigenvalue weighted by Gasteiger charge is -2.20. The zero-order chi connectivity index (χ0) is 21.1. The van der Waals surface area contributed by atoms with Crippen molar-refractivity contribution in [1.82, 2.24) is 0 Å². The van der Waals surface area contributed by atoms with Crippen LogP contribution >= 0.6 is 23.4 Å². The van der Waals surface area contributed by atoms with Gasteiger partial charge >= 0.3 is 0 Å². The van der Waals surface area contributed by atoms with E-state index in [0.717, 1.165) is 33.8 Å². The van der Waals surface area contributed by atoms with Crippen molar-refractivity contribution < 1.29 is 14.2 Å². The minimum Gasteiger partial charge on any atom is -0.493 e. The zero-order valence-electron chi connectivity index (χ0n) is 17.0. The molecule has 0 N–H and O–H groups in total. The monoisotopic (exact) mass is 439 g/mol. The Morgan fingerprint density at radius 3 is 2.20 bits per heavy atom. The van der Waals surface area contributed by atoms with E-state index in [0.29, 0.717) is 22.3 Å². The highest BCUT2D eigenvalue weighted by Crippen LogP contribution is 2.49. The molecule has 1 aliphatic rings. The number of ether oxygens (including phenoxy) is 3. The molecule has 154 valence electrons. The molecule has 1 aliphatic heterocycles. The van der Waals surface area contributed by atoms with Crippen molar-refractivity contribution >= 4 is 34.8 Å². The Kier molecular flexibility index (Phi) is 6.21. The van der Waals surface area contributed by atoms with Crippen LogP contribution in [0.5, 0.6) is 17.2 Å². The van der Waals surface area contributed by atoms with Gasteiger partial charge in [0.25, 0.3) is 0 Å². The Hall–Kier alpha value is -2.63. The van der Waals surface area contributed by atoms with Crippen molar-refractivity contribution in [2.45, 2.75) is 16.6 Å². The molecular formula is C24H22ClNO3S. The van der Waals surface area contributed by atoms with Gasteiger partial charge in [-0.15, -0.1) is 11.8 Å². The molecule has 0 bridgehead atoms. The van der Waals surface area contributed by atoms with E-state index in [-0.39, 0.29) is 5.25 Å². The van der Waals surface area contributed by atoms with Crippen molar-refractivity contribution in [3.63, 3.8) is 0 Å². The average molecular weight is 440 g/mol. The van der Waals surface area contributed by atoms with E-state index in [4.69, 9.17) is 30.8 Å². The maximum Gasteiger partial charge on any atom is 0.203 e. The molecular weight excluding hydrogens is 418 g/mol. The van der Waals surface area contributed by atoms with Gasteiger partial charge in [0.05, 0.1) is 27.0 Å². The zero-order valence-corrected chi connectivity index (χ0v) is 18.6. The molecule has 0 unspecified atom stereocenters. The lowest BCUT2D eigenvalue weighted by atomic mass is 10.0. The smallest absolute Gasteiger partial charge is 0.203 e. The second-order valence-corrected chi connectivity index (χ2v) is 8.48. The fraction of sp³-hybridized carbons (Fsp3) is 0.208. The number of hydrogen-bond acceptors (Lipinski definition) is 5. The van der Waals surface area contributed by atoms with Crippen molar-refractivity contribution in [3.8, 4) is 17.2 Å². The second kappa shape index (κ2) is 9.02. The fourth-order valence-corrected chi connectivity index (χ4v) is 4.85. The molecule has 4 rings (SSSR count). The summed E-state index contributed by atoms with van der Waals surface area (Å²) in [7, 11) is 4.89. The van der Waals surface area contributed by atoms with Gasteiger partial charge in [0, 0.05) is 27.3 Å². The molecule has 0 radical (unpaired) electrons. The molecule has 30 heavy (non-hydrogen) atoms. The first-order valence-corrected chi connectivity index (χ1v) is 10.8. The standard InChI is InChI=1S/C24H22ClNO3S/c1-27-20-12-16(13-21(28-2)24(20)29-3)23-14-19(15-8-10-17(25)11-9-15)26-18-6-4-5-7-22(18)30-23/h4-13,23H,14H2,1-3H3/t23-/m0/s1. The molecule has 0 aromatic heterocycles. The molecule has 6 heteroatoms. The van der Waals surface area contributed by atoms with Crippen LogP contribution in [0.4, 0.5) is 5.69 Å². The molecule has 0 amide bonds. The lowest BCUT2D eigenvalue weighted by Crippen LogP contribution is -2.06. The summed E-state index contributed by atoms with van der Waals surface area (Å²) in [5.41, 5.74) is 4.15. The van der Waals surface area contributed by atoms with Gasteiger partial charge in [0.2, 0.25) is 5.75 Å². The molecule has 0 aliphatic carbocycles. The van der Waals surface area contributed by atoms with Crippen LogP contribution in [0.15, 0.2) is 70.6 Å². The van der Waals surface area contributed by atoms with Gasteiger partial charge in [-0.05, 0) is 47.5 Å². The fourth-order valence-electron chi connectivity index (χ4n) is 3.51. The quantitative estimate of drug-likeness (QED) is 0.442. The summed E-state index contributed by atoms with van der Waals surface area (Å²) in [6.45, 7) is 0. The normalized spacial score (nSPS) is 15.6. The van der Waals surface area contributed by atoms with Gasteiger partial charge in [0.15, 0.2) is 11.5 Å².